The molecule has 0 N–H and O–H groups in total. The number of piperazine rings is 1. The predicted molar refractivity (Wildman–Crippen MR) is 116 cm³/mol. The van der Waals surface area contributed by atoms with E-state index in [-0.39, 0.29) is 5.91 Å². The average Bonchev–Trinajstić information content (AvgIpc) is 3.18. The molecule has 2 fully saturated rings. The van der Waals surface area contributed by atoms with Crippen molar-refractivity contribution in [2.45, 2.75) is 33.7 Å². The van der Waals surface area contributed by atoms with E-state index in [0.717, 1.165) is 44.8 Å². The minimum Gasteiger partial charge on any atom is -0.341 e. The highest BCUT2D eigenvalue weighted by atomic mass is 16.5. The molecule has 0 saturated carbocycles. The molecule has 7 heteroatoms. The second-order valence-corrected chi connectivity index (χ2v) is 9.18. The quantitative estimate of drug-likeness (QED) is 0.754. The Kier molecular flexibility index (Phi) is 6.49. The molecule has 7 nitrogen and oxygen atoms in total. The van der Waals surface area contributed by atoms with Gasteiger partial charge in [-0.1, -0.05) is 36.7 Å². The Balaban J connectivity index is 1.24. The molecule has 2 saturated heterocycles. The van der Waals surface area contributed by atoms with Crippen molar-refractivity contribution in [2.75, 3.05) is 45.8 Å². The molecule has 3 heterocycles. The molecule has 2 atom stereocenters. The van der Waals surface area contributed by atoms with Gasteiger partial charge >= 0.3 is 0 Å². The normalized spacial score (nSPS) is 23.6. The number of carbonyl (C=O) groups excluding carboxylic acids is 1. The Morgan fingerprint density at radius 3 is 2.33 bits per heavy atom. The van der Waals surface area contributed by atoms with Gasteiger partial charge in [-0.05, 0) is 37.3 Å². The van der Waals surface area contributed by atoms with Crippen molar-refractivity contribution in [3.63, 3.8) is 0 Å². The van der Waals surface area contributed by atoms with E-state index < -0.39 is 0 Å². The number of hydrogen-bond acceptors (Lipinski definition) is 6. The van der Waals surface area contributed by atoms with Gasteiger partial charge < -0.3 is 9.42 Å². The van der Waals surface area contributed by atoms with Gasteiger partial charge in [0.05, 0.1) is 13.1 Å². The van der Waals surface area contributed by atoms with Crippen LogP contribution in [0.15, 0.2) is 28.8 Å². The van der Waals surface area contributed by atoms with Crippen LogP contribution in [0.3, 0.4) is 0 Å². The predicted octanol–water partition coefficient (Wildman–Crippen LogP) is 2.67. The van der Waals surface area contributed by atoms with Crippen LogP contribution in [0.5, 0.6) is 0 Å². The van der Waals surface area contributed by atoms with Crippen molar-refractivity contribution in [3.05, 3.63) is 35.7 Å². The number of nitrogens with zero attached hydrogens (tertiary/aromatic N) is 5. The van der Waals surface area contributed by atoms with E-state index in [2.05, 4.69) is 45.6 Å². The molecule has 1 aromatic carbocycles. The van der Waals surface area contributed by atoms with Crippen molar-refractivity contribution in [2.24, 2.45) is 11.8 Å². The Hall–Kier alpha value is -2.25. The highest BCUT2D eigenvalue weighted by Gasteiger charge is 2.27. The van der Waals surface area contributed by atoms with Gasteiger partial charge in [0.15, 0.2) is 5.82 Å². The first-order valence-corrected chi connectivity index (χ1v) is 11.1. The Morgan fingerprint density at radius 1 is 1.03 bits per heavy atom. The number of benzene rings is 1. The maximum Gasteiger partial charge on any atom is 0.257 e. The molecule has 1 amide bonds. The van der Waals surface area contributed by atoms with Crippen LogP contribution in [0.1, 0.15) is 31.7 Å². The molecular formula is C23H33N5O2. The zero-order chi connectivity index (χ0) is 21.1. The Morgan fingerprint density at radius 2 is 1.67 bits per heavy atom. The molecule has 0 aliphatic carbocycles. The van der Waals surface area contributed by atoms with E-state index in [4.69, 9.17) is 4.52 Å². The van der Waals surface area contributed by atoms with Gasteiger partial charge in [-0.15, -0.1) is 0 Å². The first kappa shape index (κ1) is 21.0. The summed E-state index contributed by atoms with van der Waals surface area (Å²) >= 11 is 0. The van der Waals surface area contributed by atoms with Crippen LogP contribution in [0.2, 0.25) is 0 Å². The van der Waals surface area contributed by atoms with Crippen LogP contribution >= 0.6 is 0 Å². The van der Waals surface area contributed by atoms with Crippen molar-refractivity contribution >= 4 is 5.91 Å². The number of likely N-dealkylation sites (tertiary alicyclic amines) is 1. The van der Waals surface area contributed by atoms with E-state index in [1.165, 1.54) is 12.0 Å². The SMILES string of the molecule is Cc1ccc(-c2nc(CN3CCN(CC(=O)N4C[C@H](C)C[C@@H](C)C4)CC3)no2)cc1. The van der Waals surface area contributed by atoms with Crippen LogP contribution < -0.4 is 0 Å². The van der Waals surface area contributed by atoms with Gasteiger partial charge in [0.1, 0.15) is 0 Å². The monoisotopic (exact) mass is 411 g/mol. The summed E-state index contributed by atoms with van der Waals surface area (Å²) in [7, 11) is 0. The van der Waals surface area contributed by atoms with E-state index in [9.17, 15) is 4.79 Å². The molecular weight excluding hydrogens is 378 g/mol. The standard InChI is InChI=1S/C23H33N5O2/c1-17-4-6-20(7-5-17)23-24-21(25-30-23)15-26-8-10-27(11-9-26)16-22(29)28-13-18(2)12-19(3)14-28/h4-7,18-19H,8-16H2,1-3H3/t18-,19-/m1/s1. The summed E-state index contributed by atoms with van der Waals surface area (Å²) in [6, 6.07) is 8.11. The molecule has 2 aliphatic rings. The van der Waals surface area contributed by atoms with Gasteiger partial charge in [0.25, 0.3) is 5.89 Å². The molecule has 2 aromatic rings. The number of hydrogen-bond donors (Lipinski definition) is 0. The van der Waals surface area contributed by atoms with Crippen LogP contribution in [0.4, 0.5) is 0 Å². The molecule has 1 aromatic heterocycles. The van der Waals surface area contributed by atoms with Crippen LogP contribution in [-0.2, 0) is 11.3 Å². The lowest BCUT2D eigenvalue weighted by Crippen LogP contribution is -2.51. The molecule has 0 radical (unpaired) electrons. The Labute approximate surface area is 179 Å². The summed E-state index contributed by atoms with van der Waals surface area (Å²) in [4.78, 5) is 24.0. The number of rotatable bonds is 5. The molecule has 4 rings (SSSR count). The molecule has 162 valence electrons. The number of aryl methyl sites for hydroxylation is 1. The fourth-order valence-corrected chi connectivity index (χ4v) is 4.59. The summed E-state index contributed by atoms with van der Waals surface area (Å²) in [5.74, 6) is 2.77. The van der Waals surface area contributed by atoms with E-state index >= 15 is 0 Å². The van der Waals surface area contributed by atoms with Crippen LogP contribution in [-0.4, -0.2) is 76.6 Å². The molecule has 2 aliphatic heterocycles. The average molecular weight is 412 g/mol. The second-order valence-electron chi connectivity index (χ2n) is 9.18. The summed E-state index contributed by atoms with van der Waals surface area (Å²) < 4.78 is 5.44. The summed E-state index contributed by atoms with van der Waals surface area (Å²) in [5, 5.41) is 4.15. The topological polar surface area (TPSA) is 65.7 Å². The van der Waals surface area contributed by atoms with E-state index in [0.29, 0.717) is 36.6 Å². The van der Waals surface area contributed by atoms with Gasteiger partial charge in [-0.3, -0.25) is 14.6 Å². The first-order chi connectivity index (χ1) is 14.5. The maximum atomic E-state index is 12.7. The minimum atomic E-state index is 0.280. The third kappa shape index (κ3) is 5.26. The summed E-state index contributed by atoms with van der Waals surface area (Å²) in [6.07, 6.45) is 1.23. The lowest BCUT2D eigenvalue weighted by atomic mass is 9.92. The smallest absolute Gasteiger partial charge is 0.257 e. The van der Waals surface area contributed by atoms with Gasteiger partial charge in [-0.25, -0.2) is 0 Å². The molecule has 0 unspecified atom stereocenters. The molecule has 0 spiro atoms. The first-order valence-electron chi connectivity index (χ1n) is 11.1. The Bertz CT molecular complexity index is 832. The molecule has 0 bridgehead atoms. The highest BCUT2D eigenvalue weighted by Crippen LogP contribution is 2.21. The lowest BCUT2D eigenvalue weighted by Gasteiger charge is -2.38. The zero-order valence-electron chi connectivity index (χ0n) is 18.4. The van der Waals surface area contributed by atoms with Crippen LogP contribution in [0.25, 0.3) is 11.5 Å². The van der Waals surface area contributed by atoms with Gasteiger partial charge in [0.2, 0.25) is 5.91 Å². The lowest BCUT2D eigenvalue weighted by molar-refractivity contribution is -0.135. The highest BCUT2D eigenvalue weighted by molar-refractivity contribution is 5.78. The second kappa shape index (κ2) is 9.27. The van der Waals surface area contributed by atoms with Crippen molar-refractivity contribution < 1.29 is 9.32 Å². The van der Waals surface area contributed by atoms with Crippen molar-refractivity contribution in [3.8, 4) is 11.5 Å². The van der Waals surface area contributed by atoms with E-state index in [1.807, 2.05) is 24.3 Å². The number of amides is 1. The number of piperidine rings is 1. The van der Waals surface area contributed by atoms with Crippen LogP contribution in [0, 0.1) is 18.8 Å². The minimum absolute atomic E-state index is 0.280. The summed E-state index contributed by atoms with van der Waals surface area (Å²) in [5.41, 5.74) is 2.16. The zero-order valence-corrected chi connectivity index (χ0v) is 18.4. The third-order valence-corrected chi connectivity index (χ3v) is 6.18. The largest absolute Gasteiger partial charge is 0.341 e. The van der Waals surface area contributed by atoms with E-state index in [1.54, 1.807) is 0 Å². The number of aromatic nitrogens is 2. The van der Waals surface area contributed by atoms with Crippen molar-refractivity contribution in [1.82, 2.24) is 24.8 Å². The van der Waals surface area contributed by atoms with Crippen molar-refractivity contribution in [1.29, 1.82) is 0 Å². The maximum absolute atomic E-state index is 12.7. The fourth-order valence-electron chi connectivity index (χ4n) is 4.59. The third-order valence-electron chi connectivity index (χ3n) is 6.18. The van der Waals surface area contributed by atoms with Gasteiger partial charge in [0, 0.05) is 44.8 Å². The number of carbonyl (C=O) groups is 1. The fraction of sp³-hybridized carbons (Fsp3) is 0.609. The van der Waals surface area contributed by atoms with Gasteiger partial charge in [-0.2, -0.15) is 4.98 Å². The molecule has 30 heavy (non-hydrogen) atoms. The summed E-state index contributed by atoms with van der Waals surface area (Å²) in [6.45, 7) is 13.2.